The third kappa shape index (κ3) is 1.14. The molecular weight excluding hydrogens is 146 g/mol. The van der Waals surface area contributed by atoms with Crippen molar-refractivity contribution in [2.45, 2.75) is 6.42 Å². The molecule has 1 aromatic carbocycles. The van der Waals surface area contributed by atoms with Crippen LogP contribution < -0.4 is 5.73 Å². The molecule has 0 amide bonds. The van der Waals surface area contributed by atoms with Crippen LogP contribution in [0.4, 0.5) is 0 Å². The second-order valence-electron chi connectivity index (χ2n) is 2.91. The highest BCUT2D eigenvalue weighted by molar-refractivity contribution is 5.78. The Morgan fingerprint density at radius 1 is 1.08 bits per heavy atom. The molecule has 0 radical (unpaired) electrons. The van der Waals surface area contributed by atoms with Crippen LogP contribution in [0.2, 0.25) is 0 Å². The van der Waals surface area contributed by atoms with Crippen LogP contribution in [0.25, 0.3) is 5.57 Å². The first-order chi connectivity index (χ1) is 5.88. The minimum absolute atomic E-state index is 0.893. The lowest BCUT2D eigenvalue weighted by Gasteiger charge is -2.01. The summed E-state index contributed by atoms with van der Waals surface area (Å²) in [5.41, 5.74) is 9.19. The fraction of sp³-hybridized carbons (Fsp3) is 0.0909. The highest BCUT2D eigenvalue weighted by Gasteiger charge is 2.06. The maximum absolute atomic E-state index is 5.83. The second kappa shape index (κ2) is 2.86. The van der Waals surface area contributed by atoms with Crippen molar-refractivity contribution in [1.29, 1.82) is 0 Å². The number of hydrogen-bond acceptors (Lipinski definition) is 1. The molecule has 1 aromatic rings. The molecule has 0 bridgehead atoms. The third-order valence-electron chi connectivity index (χ3n) is 2.05. The zero-order valence-electron chi connectivity index (χ0n) is 6.83. The summed E-state index contributed by atoms with van der Waals surface area (Å²) < 4.78 is 0. The summed E-state index contributed by atoms with van der Waals surface area (Å²) >= 11 is 0. The lowest BCUT2D eigenvalue weighted by molar-refractivity contribution is 1.21. The Kier molecular flexibility index (Phi) is 1.71. The Hall–Kier alpha value is -1.50. The Morgan fingerprint density at radius 2 is 1.83 bits per heavy atom. The van der Waals surface area contributed by atoms with E-state index >= 15 is 0 Å². The second-order valence-corrected chi connectivity index (χ2v) is 2.91. The molecule has 0 saturated carbocycles. The summed E-state index contributed by atoms with van der Waals surface area (Å²) in [6.07, 6.45) is 5.08. The molecule has 2 rings (SSSR count). The minimum Gasteiger partial charge on any atom is -0.401 e. The highest BCUT2D eigenvalue weighted by atomic mass is 14.6. The molecule has 0 aromatic heterocycles. The first kappa shape index (κ1) is 7.17. The zero-order chi connectivity index (χ0) is 8.39. The molecule has 1 heteroatoms. The summed E-state index contributed by atoms with van der Waals surface area (Å²) in [4.78, 5) is 0. The van der Waals surface area contributed by atoms with Gasteiger partial charge in [-0.15, -0.1) is 0 Å². The van der Waals surface area contributed by atoms with Crippen molar-refractivity contribution in [3.63, 3.8) is 0 Å². The monoisotopic (exact) mass is 157 g/mol. The molecule has 1 aliphatic rings. The quantitative estimate of drug-likeness (QED) is 0.665. The van der Waals surface area contributed by atoms with E-state index < -0.39 is 0 Å². The van der Waals surface area contributed by atoms with E-state index in [9.17, 15) is 0 Å². The maximum atomic E-state index is 5.83. The van der Waals surface area contributed by atoms with Crippen LogP contribution in [0.1, 0.15) is 12.0 Å². The minimum atomic E-state index is 0.893. The Morgan fingerprint density at radius 3 is 2.42 bits per heavy atom. The van der Waals surface area contributed by atoms with Crippen LogP contribution in [0.15, 0.2) is 48.2 Å². The molecule has 0 aliphatic heterocycles. The van der Waals surface area contributed by atoms with Gasteiger partial charge in [-0.25, -0.2) is 0 Å². The van der Waals surface area contributed by atoms with E-state index in [1.165, 1.54) is 11.1 Å². The van der Waals surface area contributed by atoms with E-state index in [0.717, 1.165) is 12.1 Å². The van der Waals surface area contributed by atoms with Gasteiger partial charge in [0, 0.05) is 17.7 Å². The molecule has 0 atom stereocenters. The zero-order valence-corrected chi connectivity index (χ0v) is 6.83. The maximum Gasteiger partial charge on any atom is 0.0198 e. The lowest BCUT2D eigenvalue weighted by Crippen LogP contribution is -1.95. The number of benzene rings is 1. The van der Waals surface area contributed by atoms with Crippen LogP contribution >= 0.6 is 0 Å². The lowest BCUT2D eigenvalue weighted by atomic mass is 10.1. The molecule has 12 heavy (non-hydrogen) atoms. The van der Waals surface area contributed by atoms with Crippen molar-refractivity contribution in [3.05, 3.63) is 53.7 Å². The van der Waals surface area contributed by atoms with Gasteiger partial charge in [-0.1, -0.05) is 42.5 Å². The van der Waals surface area contributed by atoms with Gasteiger partial charge in [0.05, 0.1) is 0 Å². The largest absolute Gasteiger partial charge is 0.401 e. The van der Waals surface area contributed by atoms with Gasteiger partial charge in [-0.3, -0.25) is 0 Å². The van der Waals surface area contributed by atoms with E-state index in [1.807, 2.05) is 18.2 Å². The number of allylic oxidation sites excluding steroid dienone is 3. The highest BCUT2D eigenvalue weighted by Crippen LogP contribution is 2.24. The van der Waals surface area contributed by atoms with Gasteiger partial charge in [0.25, 0.3) is 0 Å². The molecule has 1 aliphatic carbocycles. The van der Waals surface area contributed by atoms with E-state index in [2.05, 4.69) is 24.3 Å². The summed E-state index contributed by atoms with van der Waals surface area (Å²) in [5.74, 6) is 0. The molecule has 0 heterocycles. The molecule has 0 unspecified atom stereocenters. The van der Waals surface area contributed by atoms with Crippen LogP contribution in [0.3, 0.4) is 0 Å². The normalized spacial score (nSPS) is 15.7. The summed E-state index contributed by atoms with van der Waals surface area (Å²) in [6, 6.07) is 10.2. The number of rotatable bonds is 1. The van der Waals surface area contributed by atoms with Crippen molar-refractivity contribution < 1.29 is 0 Å². The van der Waals surface area contributed by atoms with Gasteiger partial charge in [-0.2, -0.15) is 0 Å². The van der Waals surface area contributed by atoms with Gasteiger partial charge >= 0.3 is 0 Å². The molecule has 2 N–H and O–H groups in total. The molecule has 1 nitrogen and oxygen atoms in total. The molecule has 60 valence electrons. The van der Waals surface area contributed by atoms with Crippen molar-refractivity contribution in [2.75, 3.05) is 0 Å². The van der Waals surface area contributed by atoms with E-state index in [0.29, 0.717) is 0 Å². The summed E-state index contributed by atoms with van der Waals surface area (Å²) in [5, 5.41) is 0. The van der Waals surface area contributed by atoms with Gasteiger partial charge in [0.15, 0.2) is 0 Å². The van der Waals surface area contributed by atoms with Gasteiger partial charge in [0.1, 0.15) is 0 Å². The predicted octanol–water partition coefficient (Wildman–Crippen LogP) is 2.32. The summed E-state index contributed by atoms with van der Waals surface area (Å²) in [7, 11) is 0. The molecule has 0 saturated heterocycles. The third-order valence-corrected chi connectivity index (χ3v) is 2.05. The van der Waals surface area contributed by atoms with Crippen molar-refractivity contribution in [1.82, 2.24) is 0 Å². The van der Waals surface area contributed by atoms with Crippen molar-refractivity contribution in [2.24, 2.45) is 5.73 Å². The fourth-order valence-electron chi connectivity index (χ4n) is 1.42. The Bertz CT molecular complexity index is 333. The van der Waals surface area contributed by atoms with Crippen LogP contribution in [-0.2, 0) is 0 Å². The number of nitrogens with two attached hydrogens (primary N) is 1. The van der Waals surface area contributed by atoms with Crippen LogP contribution in [0, 0.1) is 0 Å². The number of hydrogen-bond donors (Lipinski definition) is 1. The Labute approximate surface area is 72.2 Å². The molecular formula is C11H11N. The van der Waals surface area contributed by atoms with Gasteiger partial charge in [-0.05, 0) is 5.56 Å². The Balaban J connectivity index is 2.44. The average molecular weight is 157 g/mol. The summed E-state index contributed by atoms with van der Waals surface area (Å²) in [6.45, 7) is 0. The fourth-order valence-corrected chi connectivity index (χ4v) is 1.42. The average Bonchev–Trinajstić information content (AvgIpc) is 2.53. The van der Waals surface area contributed by atoms with E-state index in [4.69, 9.17) is 5.73 Å². The van der Waals surface area contributed by atoms with Crippen molar-refractivity contribution in [3.8, 4) is 0 Å². The van der Waals surface area contributed by atoms with Gasteiger partial charge < -0.3 is 5.73 Å². The van der Waals surface area contributed by atoms with Crippen molar-refractivity contribution >= 4 is 5.57 Å². The van der Waals surface area contributed by atoms with Gasteiger partial charge in [0.2, 0.25) is 0 Å². The van der Waals surface area contributed by atoms with E-state index in [-0.39, 0.29) is 0 Å². The predicted molar refractivity (Wildman–Crippen MR) is 51.3 cm³/mol. The van der Waals surface area contributed by atoms with E-state index in [1.54, 1.807) is 0 Å². The van der Waals surface area contributed by atoms with Crippen LogP contribution in [-0.4, -0.2) is 0 Å². The standard InChI is InChI=1S/C11H11N/c12-11-8-4-7-10(11)9-5-2-1-3-6-9/h1-7H,8,12H2. The molecule has 0 spiro atoms. The topological polar surface area (TPSA) is 26.0 Å². The SMILES string of the molecule is NC1=C(c2ccccc2)C=CC1. The smallest absolute Gasteiger partial charge is 0.0198 e. The first-order valence-electron chi connectivity index (χ1n) is 4.08. The van der Waals surface area contributed by atoms with Crippen LogP contribution in [0.5, 0.6) is 0 Å². The first-order valence-corrected chi connectivity index (χ1v) is 4.08. The molecule has 0 fully saturated rings.